The average Bonchev–Trinajstić information content (AvgIpc) is 3.47. The van der Waals surface area contributed by atoms with E-state index in [1.54, 1.807) is 30.1 Å². The molecule has 176 valence electrons. The van der Waals surface area contributed by atoms with Gasteiger partial charge in [0, 0.05) is 38.0 Å². The number of nitrogens with one attached hydrogen (secondary N) is 2. The highest BCUT2D eigenvalue weighted by atomic mass is 35.5. The highest BCUT2D eigenvalue weighted by Crippen LogP contribution is 2.20. The summed E-state index contributed by atoms with van der Waals surface area (Å²) < 4.78 is 4.92. The molecule has 3 heterocycles. The van der Waals surface area contributed by atoms with Crippen LogP contribution in [0.15, 0.2) is 42.9 Å². The van der Waals surface area contributed by atoms with Crippen LogP contribution in [0.5, 0.6) is 0 Å². The number of aryl methyl sites for hydroxylation is 3. The highest BCUT2D eigenvalue weighted by molar-refractivity contribution is 6.31. The predicted octanol–water partition coefficient (Wildman–Crippen LogP) is 2.85. The third-order valence-corrected chi connectivity index (χ3v) is 6.00. The van der Waals surface area contributed by atoms with Gasteiger partial charge in [0.15, 0.2) is 0 Å². The van der Waals surface area contributed by atoms with Gasteiger partial charge in [-0.1, -0.05) is 23.7 Å². The van der Waals surface area contributed by atoms with Crippen molar-refractivity contribution in [2.24, 2.45) is 14.1 Å². The molecule has 10 nitrogen and oxygen atoms in total. The molecule has 11 heteroatoms. The quantitative estimate of drug-likeness (QED) is 0.422. The summed E-state index contributed by atoms with van der Waals surface area (Å²) in [4.78, 5) is 25.6. The molecule has 0 aliphatic carbocycles. The summed E-state index contributed by atoms with van der Waals surface area (Å²) in [6.07, 6.45) is 4.95. The molecule has 3 aromatic heterocycles. The lowest BCUT2D eigenvalue weighted by atomic mass is 10.1. The number of halogens is 1. The van der Waals surface area contributed by atoms with Gasteiger partial charge in [0.05, 0.1) is 41.0 Å². The molecule has 0 atom stereocenters. The number of aromatic nitrogens is 6. The molecule has 0 spiro atoms. The molecule has 0 aliphatic heterocycles. The molecule has 2 amide bonds. The molecule has 0 radical (unpaired) electrons. The van der Waals surface area contributed by atoms with Gasteiger partial charge in [0.1, 0.15) is 5.69 Å². The molecule has 0 saturated carbocycles. The van der Waals surface area contributed by atoms with Gasteiger partial charge in [-0.3, -0.25) is 23.6 Å². The summed E-state index contributed by atoms with van der Waals surface area (Å²) in [5, 5.41) is 18.9. The molecule has 0 fully saturated rings. The number of rotatable bonds is 7. The molecule has 0 aliphatic rings. The lowest BCUT2D eigenvalue weighted by Gasteiger charge is -2.09. The second-order valence-electron chi connectivity index (χ2n) is 8.03. The SMILES string of the molecule is Cc1nn(Cc2ccc(C(=O)Nc3cnn(C)c3C(=O)NCc3cnn(C)c3)cc2)c(C)c1Cl. The van der Waals surface area contributed by atoms with E-state index in [2.05, 4.69) is 25.9 Å². The van der Waals surface area contributed by atoms with Crippen molar-refractivity contribution < 1.29 is 9.59 Å². The van der Waals surface area contributed by atoms with Crippen molar-refractivity contribution in [3.8, 4) is 0 Å². The minimum Gasteiger partial charge on any atom is -0.346 e. The van der Waals surface area contributed by atoms with E-state index in [9.17, 15) is 9.59 Å². The Labute approximate surface area is 201 Å². The topological polar surface area (TPSA) is 112 Å². The van der Waals surface area contributed by atoms with Crippen molar-refractivity contribution in [2.45, 2.75) is 26.9 Å². The van der Waals surface area contributed by atoms with Crippen LogP contribution in [0.3, 0.4) is 0 Å². The van der Waals surface area contributed by atoms with Crippen molar-refractivity contribution in [3.63, 3.8) is 0 Å². The zero-order valence-electron chi connectivity index (χ0n) is 19.3. The summed E-state index contributed by atoms with van der Waals surface area (Å²) in [7, 11) is 3.45. The minimum absolute atomic E-state index is 0.260. The van der Waals surface area contributed by atoms with Crippen LogP contribution in [-0.4, -0.2) is 41.2 Å². The maximum atomic E-state index is 12.8. The number of anilines is 1. The van der Waals surface area contributed by atoms with Gasteiger partial charge in [-0.2, -0.15) is 15.3 Å². The zero-order chi connectivity index (χ0) is 24.4. The van der Waals surface area contributed by atoms with Crippen LogP contribution in [-0.2, 0) is 27.2 Å². The largest absolute Gasteiger partial charge is 0.346 e. The summed E-state index contributed by atoms with van der Waals surface area (Å²) in [5.41, 5.74) is 4.58. The van der Waals surface area contributed by atoms with Crippen LogP contribution in [0.4, 0.5) is 5.69 Å². The van der Waals surface area contributed by atoms with Crippen LogP contribution in [0.1, 0.15) is 43.4 Å². The Morgan fingerprint density at radius 2 is 1.74 bits per heavy atom. The Morgan fingerprint density at radius 1 is 1.00 bits per heavy atom. The molecule has 1 aromatic carbocycles. The van der Waals surface area contributed by atoms with E-state index < -0.39 is 0 Å². The van der Waals surface area contributed by atoms with Gasteiger partial charge in [-0.05, 0) is 31.5 Å². The lowest BCUT2D eigenvalue weighted by molar-refractivity contribution is 0.0942. The standard InChI is InChI=1S/C23H25ClN8O2/c1-14-20(24)15(2)32(29-14)13-16-5-7-18(8-6-16)22(33)28-19-11-27-31(4)21(19)23(34)25-9-17-10-26-30(3)12-17/h5-8,10-12H,9,13H2,1-4H3,(H,25,34)(H,28,33). The Balaban J connectivity index is 1.42. The van der Waals surface area contributed by atoms with Crippen LogP contribution in [0, 0.1) is 13.8 Å². The van der Waals surface area contributed by atoms with E-state index in [4.69, 9.17) is 11.6 Å². The highest BCUT2D eigenvalue weighted by Gasteiger charge is 2.19. The van der Waals surface area contributed by atoms with Gasteiger partial charge in [-0.25, -0.2) is 0 Å². The first-order valence-corrected chi connectivity index (χ1v) is 11.0. The molecule has 34 heavy (non-hydrogen) atoms. The van der Waals surface area contributed by atoms with E-state index in [1.165, 1.54) is 10.9 Å². The first kappa shape index (κ1) is 23.2. The van der Waals surface area contributed by atoms with Crippen molar-refractivity contribution in [1.29, 1.82) is 0 Å². The minimum atomic E-state index is -0.349. The molecule has 0 bridgehead atoms. The van der Waals surface area contributed by atoms with Crippen LogP contribution in [0.25, 0.3) is 0 Å². The van der Waals surface area contributed by atoms with Crippen molar-refractivity contribution in [3.05, 3.63) is 81.7 Å². The van der Waals surface area contributed by atoms with E-state index in [1.807, 2.05) is 43.9 Å². The Hall–Kier alpha value is -3.92. The van der Waals surface area contributed by atoms with E-state index in [-0.39, 0.29) is 17.5 Å². The summed E-state index contributed by atoms with van der Waals surface area (Å²) in [6, 6.07) is 7.20. The maximum Gasteiger partial charge on any atom is 0.271 e. The monoisotopic (exact) mass is 480 g/mol. The van der Waals surface area contributed by atoms with Crippen molar-refractivity contribution >= 4 is 29.1 Å². The first-order valence-electron chi connectivity index (χ1n) is 10.6. The van der Waals surface area contributed by atoms with Gasteiger partial charge < -0.3 is 10.6 Å². The fraction of sp³-hybridized carbons (Fsp3) is 0.261. The second kappa shape index (κ2) is 9.52. The zero-order valence-corrected chi connectivity index (χ0v) is 20.1. The Morgan fingerprint density at radius 3 is 2.35 bits per heavy atom. The smallest absolute Gasteiger partial charge is 0.271 e. The molecule has 2 N–H and O–H groups in total. The predicted molar refractivity (Wildman–Crippen MR) is 128 cm³/mol. The van der Waals surface area contributed by atoms with Gasteiger partial charge in [0.2, 0.25) is 0 Å². The van der Waals surface area contributed by atoms with Crippen molar-refractivity contribution in [2.75, 3.05) is 5.32 Å². The molecule has 0 saturated heterocycles. The number of nitrogens with zero attached hydrogens (tertiary/aromatic N) is 6. The number of benzene rings is 1. The Kier molecular flexibility index (Phi) is 6.51. The third kappa shape index (κ3) is 4.86. The molecule has 4 aromatic rings. The van der Waals surface area contributed by atoms with E-state index in [0.29, 0.717) is 29.4 Å². The summed E-state index contributed by atoms with van der Waals surface area (Å²) in [5.74, 6) is -0.687. The number of hydrogen-bond acceptors (Lipinski definition) is 5. The molecular formula is C23H25ClN8O2. The van der Waals surface area contributed by atoms with Crippen LogP contribution >= 0.6 is 11.6 Å². The average molecular weight is 481 g/mol. The molecule has 0 unspecified atom stereocenters. The second-order valence-corrected chi connectivity index (χ2v) is 8.41. The lowest BCUT2D eigenvalue weighted by Crippen LogP contribution is -2.26. The van der Waals surface area contributed by atoms with E-state index >= 15 is 0 Å². The van der Waals surface area contributed by atoms with Gasteiger partial charge >= 0.3 is 0 Å². The summed E-state index contributed by atoms with van der Waals surface area (Å²) in [6.45, 7) is 4.64. The number of carbonyl (C=O) groups is 2. The fourth-order valence-corrected chi connectivity index (χ4v) is 3.72. The number of hydrogen-bond donors (Lipinski definition) is 2. The number of carbonyl (C=O) groups excluding carboxylic acids is 2. The van der Waals surface area contributed by atoms with E-state index in [0.717, 1.165) is 22.5 Å². The van der Waals surface area contributed by atoms with Crippen molar-refractivity contribution in [1.82, 2.24) is 34.7 Å². The fourth-order valence-electron chi connectivity index (χ4n) is 3.59. The maximum absolute atomic E-state index is 12.8. The van der Waals surface area contributed by atoms with Gasteiger partial charge in [-0.15, -0.1) is 0 Å². The van der Waals surface area contributed by atoms with Gasteiger partial charge in [0.25, 0.3) is 11.8 Å². The summed E-state index contributed by atoms with van der Waals surface area (Å²) >= 11 is 6.22. The Bertz CT molecular complexity index is 1350. The first-order chi connectivity index (χ1) is 16.2. The molecule has 4 rings (SSSR count). The van der Waals surface area contributed by atoms with Crippen LogP contribution < -0.4 is 10.6 Å². The third-order valence-electron chi connectivity index (χ3n) is 5.46. The number of amides is 2. The van der Waals surface area contributed by atoms with Crippen LogP contribution in [0.2, 0.25) is 5.02 Å². The molecular weight excluding hydrogens is 456 g/mol. The normalized spacial score (nSPS) is 11.0.